The van der Waals surface area contributed by atoms with Gasteiger partial charge in [0.15, 0.2) is 11.0 Å². The summed E-state index contributed by atoms with van der Waals surface area (Å²) in [5.74, 6) is -4.84. The Morgan fingerprint density at radius 1 is 0.694 bits per heavy atom. The van der Waals surface area contributed by atoms with Crippen LogP contribution in [0.4, 0.5) is 11.4 Å². The number of carbonyl (C=O) groups excluding carboxylic acids is 4. The zero-order valence-corrected chi connectivity index (χ0v) is 28.9. The Kier molecular flexibility index (Phi) is 13.2. The van der Waals surface area contributed by atoms with Gasteiger partial charge in [0.05, 0.1) is 32.0 Å². The molecule has 2 aliphatic heterocycles. The lowest BCUT2D eigenvalue weighted by Crippen LogP contribution is -2.42. The highest BCUT2D eigenvalue weighted by atomic mass is 35.5. The summed E-state index contributed by atoms with van der Waals surface area (Å²) in [6.07, 6.45) is 2.54. The summed E-state index contributed by atoms with van der Waals surface area (Å²) < 4.78 is 19.2. The summed E-state index contributed by atoms with van der Waals surface area (Å²) in [5, 5.41) is 5.07. The highest BCUT2D eigenvalue weighted by Gasteiger charge is 2.39. The van der Waals surface area contributed by atoms with Crippen LogP contribution in [-0.2, 0) is 38.1 Å². The number of cyclic esters (lactones) is 4. The van der Waals surface area contributed by atoms with Gasteiger partial charge >= 0.3 is 23.9 Å². The highest BCUT2D eigenvalue weighted by Crippen LogP contribution is 2.25. The van der Waals surface area contributed by atoms with Crippen LogP contribution in [-0.4, -0.2) is 40.4 Å². The number of anilines is 2. The third-order valence-electron chi connectivity index (χ3n) is 6.02. The van der Waals surface area contributed by atoms with Gasteiger partial charge in [-0.1, -0.05) is 65.1 Å². The molecule has 3 heterocycles. The fraction of sp³-hybridized carbons (Fsp3) is 0.206. The van der Waals surface area contributed by atoms with Crippen LogP contribution in [0.2, 0.25) is 15.1 Å². The quantitative estimate of drug-likeness (QED) is 0.0651. The molecular formula is C34H32Cl3N3O9. The first-order valence-corrected chi connectivity index (χ1v) is 15.5. The third kappa shape index (κ3) is 11.9. The molecule has 2 saturated heterocycles. The normalized spacial score (nSPS) is 15.6. The molecule has 0 aliphatic carbocycles. The van der Waals surface area contributed by atoms with Crippen LogP contribution >= 0.6 is 34.8 Å². The minimum atomic E-state index is -1.24. The Hall–Kier alpha value is -5.04. The van der Waals surface area contributed by atoms with Gasteiger partial charge in [-0.2, -0.15) is 0 Å². The summed E-state index contributed by atoms with van der Waals surface area (Å²) in [7, 11) is 0. The molecule has 15 heteroatoms. The van der Waals surface area contributed by atoms with E-state index in [1.165, 1.54) is 40.0 Å². The van der Waals surface area contributed by atoms with E-state index >= 15 is 0 Å². The van der Waals surface area contributed by atoms with Crippen molar-refractivity contribution in [3.63, 3.8) is 0 Å². The van der Waals surface area contributed by atoms with Gasteiger partial charge in [0.25, 0.3) is 11.6 Å². The molecule has 0 atom stereocenters. The van der Waals surface area contributed by atoms with E-state index in [4.69, 9.17) is 50.0 Å². The molecule has 1 aromatic heterocycles. The molecule has 4 N–H and O–H groups in total. The van der Waals surface area contributed by atoms with Gasteiger partial charge in [0.2, 0.25) is 0 Å². The molecule has 0 amide bonds. The minimum absolute atomic E-state index is 0.00810. The number of H-pyrrole nitrogens is 1. The second-order valence-electron chi connectivity index (χ2n) is 10.9. The number of halogens is 3. The lowest BCUT2D eigenvalue weighted by molar-refractivity contribution is -0.231. The Bertz CT molecular complexity index is 1880. The predicted molar refractivity (Wildman–Crippen MR) is 186 cm³/mol. The number of rotatable bonds is 2. The summed E-state index contributed by atoms with van der Waals surface area (Å²) in [4.78, 5) is 58.6. The number of nitrogen functional groups attached to an aromatic ring is 1. The molecule has 49 heavy (non-hydrogen) atoms. The molecule has 0 unspecified atom stereocenters. The van der Waals surface area contributed by atoms with E-state index in [9.17, 15) is 24.0 Å². The molecule has 12 nitrogen and oxygen atoms in total. The van der Waals surface area contributed by atoms with Gasteiger partial charge in [-0.05, 0) is 36.4 Å². The Balaban J connectivity index is 0.000000187. The lowest BCUT2D eigenvalue weighted by Gasteiger charge is -2.29. The van der Waals surface area contributed by atoms with Crippen molar-refractivity contribution < 1.29 is 38.1 Å². The monoisotopic (exact) mass is 731 g/mol. The average Bonchev–Trinajstić information content (AvgIpc) is 2.99. The molecule has 0 spiro atoms. The first kappa shape index (κ1) is 38.4. The third-order valence-corrected chi connectivity index (χ3v) is 7.01. The number of nitrogens with two attached hydrogens (primary N) is 1. The molecule has 4 aromatic rings. The van der Waals surface area contributed by atoms with Crippen LogP contribution in [0.15, 0.2) is 95.6 Å². The van der Waals surface area contributed by atoms with Crippen molar-refractivity contribution in [3.05, 3.63) is 116 Å². The van der Waals surface area contributed by atoms with Crippen molar-refractivity contribution in [1.82, 2.24) is 4.98 Å². The molecule has 2 fully saturated rings. The van der Waals surface area contributed by atoms with Crippen molar-refractivity contribution in [2.24, 2.45) is 0 Å². The van der Waals surface area contributed by atoms with Crippen molar-refractivity contribution in [2.45, 2.75) is 45.7 Å². The van der Waals surface area contributed by atoms with Gasteiger partial charge in [0, 0.05) is 51.5 Å². The molecule has 0 radical (unpaired) electrons. The number of fused-ring (bicyclic) bond motifs is 1. The molecule has 3 aromatic carbocycles. The lowest BCUT2D eigenvalue weighted by atomic mass is 10.2. The largest absolute Gasteiger partial charge is 0.423 e. The van der Waals surface area contributed by atoms with Crippen LogP contribution in [0.3, 0.4) is 0 Å². The number of benzene rings is 3. The van der Waals surface area contributed by atoms with E-state index < -0.39 is 35.5 Å². The summed E-state index contributed by atoms with van der Waals surface area (Å²) in [6, 6.07) is 20.9. The number of aromatic nitrogens is 1. The number of nitrogens with one attached hydrogen (secondary N) is 2. The van der Waals surface area contributed by atoms with E-state index in [1.807, 2.05) is 12.1 Å². The number of hydrogen-bond donors (Lipinski definition) is 3. The van der Waals surface area contributed by atoms with Crippen LogP contribution in [0, 0.1) is 0 Å². The van der Waals surface area contributed by atoms with Gasteiger partial charge in [-0.15, -0.1) is 0 Å². The maximum absolute atomic E-state index is 11.7. The Morgan fingerprint density at radius 3 is 1.73 bits per heavy atom. The van der Waals surface area contributed by atoms with Gasteiger partial charge < -0.3 is 35.0 Å². The standard InChI is InChI=1S/C13H12ClNO4.C9H6ClNO.C6H6ClN.C6H8O4/c1-13(2)18-11(16)8(12(17)19-13)7-15-10-6-4-3-5-9(10)14;10-7-3-1-2-6-8(12)4-5-11-9(6)7;7-5-3-1-2-4-6(5)8;1-6(2)9-4(7)3-5(8)10-6/h3-7,15H,1-2H3;1-5H,(H,11,12);1-4H,8H2;3H2,1-2H3. The van der Waals surface area contributed by atoms with E-state index in [0.29, 0.717) is 37.3 Å². The predicted octanol–water partition coefficient (Wildman–Crippen LogP) is 6.79. The van der Waals surface area contributed by atoms with E-state index in [2.05, 4.69) is 19.8 Å². The number of aromatic amines is 1. The average molecular weight is 733 g/mol. The summed E-state index contributed by atoms with van der Waals surface area (Å²) in [5.41, 5.74) is 7.08. The maximum Gasteiger partial charge on any atom is 0.350 e. The molecule has 258 valence electrons. The Morgan fingerprint density at radius 2 is 1.22 bits per heavy atom. The summed E-state index contributed by atoms with van der Waals surface area (Å²) in [6.45, 7) is 6.01. The molecule has 0 bridgehead atoms. The smallest absolute Gasteiger partial charge is 0.350 e. The first-order valence-electron chi connectivity index (χ1n) is 14.4. The van der Waals surface area contributed by atoms with Crippen LogP contribution < -0.4 is 16.5 Å². The maximum atomic E-state index is 11.7. The number of pyridine rings is 1. The van der Waals surface area contributed by atoms with Gasteiger partial charge in [-0.25, -0.2) is 9.59 Å². The number of ether oxygens (including phenoxy) is 4. The second-order valence-corrected chi connectivity index (χ2v) is 12.1. The number of esters is 4. The highest BCUT2D eigenvalue weighted by molar-refractivity contribution is 6.35. The minimum Gasteiger partial charge on any atom is -0.423 e. The Labute approximate surface area is 296 Å². The number of hydrogen-bond acceptors (Lipinski definition) is 11. The SMILES string of the molecule is CC1(C)OC(=O)C(=CNc2ccccc2Cl)C(=O)O1.CC1(C)OC(=O)CC(=O)O1.Nc1ccccc1Cl.O=c1cc[nH]c2c(Cl)cccc12. The van der Waals surface area contributed by atoms with Crippen molar-refractivity contribution in [2.75, 3.05) is 11.1 Å². The van der Waals surface area contributed by atoms with Crippen LogP contribution in [0.25, 0.3) is 10.9 Å². The van der Waals surface area contributed by atoms with Crippen LogP contribution in [0.1, 0.15) is 34.1 Å². The fourth-order valence-corrected chi connectivity index (χ4v) is 4.46. The van der Waals surface area contributed by atoms with Gasteiger partial charge in [-0.3, -0.25) is 14.4 Å². The van der Waals surface area contributed by atoms with Crippen LogP contribution in [0.5, 0.6) is 0 Å². The van der Waals surface area contributed by atoms with Crippen molar-refractivity contribution in [3.8, 4) is 0 Å². The number of para-hydroxylation sites is 3. The van der Waals surface area contributed by atoms with E-state index in [0.717, 1.165) is 0 Å². The first-order chi connectivity index (χ1) is 23.0. The van der Waals surface area contributed by atoms with Crippen molar-refractivity contribution >= 4 is 81.0 Å². The molecule has 6 rings (SSSR count). The molecule has 2 aliphatic rings. The summed E-state index contributed by atoms with van der Waals surface area (Å²) >= 11 is 17.4. The fourth-order valence-electron chi connectivity index (χ4n) is 3.91. The van der Waals surface area contributed by atoms with Gasteiger partial charge in [0.1, 0.15) is 6.42 Å². The molecule has 0 saturated carbocycles. The topological polar surface area (TPSA) is 176 Å². The zero-order chi connectivity index (χ0) is 36.4. The van der Waals surface area contributed by atoms with E-state index in [-0.39, 0.29) is 17.4 Å². The second kappa shape index (κ2) is 16.9. The van der Waals surface area contributed by atoms with Crippen molar-refractivity contribution in [1.29, 1.82) is 0 Å². The molecular weight excluding hydrogens is 701 g/mol. The number of carbonyl (C=O) groups is 4. The zero-order valence-electron chi connectivity index (χ0n) is 26.7. The van der Waals surface area contributed by atoms with E-state index in [1.54, 1.807) is 60.8 Å².